The number of aromatic amines is 1. The van der Waals surface area contributed by atoms with E-state index in [1.807, 2.05) is 38.1 Å². The van der Waals surface area contributed by atoms with Crippen LogP contribution in [0.2, 0.25) is 0 Å². The third kappa shape index (κ3) is 4.08. The van der Waals surface area contributed by atoms with E-state index in [1.165, 1.54) is 6.07 Å². The Morgan fingerprint density at radius 1 is 1.36 bits per heavy atom. The molecule has 6 heteroatoms. The molecule has 2 unspecified atom stereocenters. The van der Waals surface area contributed by atoms with Crippen molar-refractivity contribution < 1.29 is 4.79 Å². The lowest BCUT2D eigenvalue weighted by Gasteiger charge is -2.18. The fourth-order valence-corrected chi connectivity index (χ4v) is 2.24. The molecular weight excluding hydrogens is 302 g/mol. The summed E-state index contributed by atoms with van der Waals surface area (Å²) in [6.07, 6.45) is 0.850. The molecular formula is C16H22ClN3O2. The number of nitrogens with one attached hydrogen (secondary N) is 2. The Morgan fingerprint density at radius 3 is 2.73 bits per heavy atom. The fourth-order valence-electron chi connectivity index (χ4n) is 2.24. The van der Waals surface area contributed by atoms with Gasteiger partial charge in [0.2, 0.25) is 11.5 Å². The first-order valence-corrected chi connectivity index (χ1v) is 7.17. The maximum atomic E-state index is 12.0. The second-order valence-electron chi connectivity index (χ2n) is 5.33. The van der Waals surface area contributed by atoms with E-state index in [0.717, 1.165) is 22.9 Å². The van der Waals surface area contributed by atoms with Crippen LogP contribution in [0.3, 0.4) is 0 Å². The minimum absolute atomic E-state index is 0. The molecule has 0 saturated heterocycles. The van der Waals surface area contributed by atoms with Crippen molar-refractivity contribution in [2.45, 2.75) is 32.9 Å². The van der Waals surface area contributed by atoms with Crippen molar-refractivity contribution in [3.05, 3.63) is 46.2 Å². The molecule has 1 aromatic heterocycles. The van der Waals surface area contributed by atoms with Gasteiger partial charge in [-0.05, 0) is 17.5 Å². The predicted molar refractivity (Wildman–Crippen MR) is 91.1 cm³/mol. The highest BCUT2D eigenvalue weighted by molar-refractivity contribution is 5.85. The molecule has 2 rings (SSSR count). The standard InChI is InChI=1S/C16H21N3O2.ClH/c1-3-10(2)15(17)16(21)18-9-11-8-14(20)19-13-7-5-4-6-12(11)13;/h4-8,10,15H,3,9,17H2,1-2H3,(H,18,21)(H,19,20);1H. The molecule has 1 amide bonds. The van der Waals surface area contributed by atoms with Gasteiger partial charge in [0.05, 0.1) is 6.04 Å². The topological polar surface area (TPSA) is 88.0 Å². The van der Waals surface area contributed by atoms with Gasteiger partial charge in [0.15, 0.2) is 0 Å². The van der Waals surface area contributed by atoms with Gasteiger partial charge in [-0.15, -0.1) is 12.4 Å². The lowest BCUT2D eigenvalue weighted by atomic mass is 9.99. The molecule has 22 heavy (non-hydrogen) atoms. The van der Waals surface area contributed by atoms with Crippen LogP contribution in [-0.4, -0.2) is 16.9 Å². The van der Waals surface area contributed by atoms with Crippen molar-refractivity contribution >= 4 is 29.2 Å². The minimum Gasteiger partial charge on any atom is -0.351 e. The normalized spacial score (nSPS) is 13.2. The summed E-state index contributed by atoms with van der Waals surface area (Å²) in [6, 6.07) is 8.51. The number of hydrogen-bond donors (Lipinski definition) is 3. The number of rotatable bonds is 5. The third-order valence-corrected chi connectivity index (χ3v) is 3.85. The number of benzene rings is 1. The van der Waals surface area contributed by atoms with E-state index in [9.17, 15) is 9.59 Å². The van der Waals surface area contributed by atoms with Crippen LogP contribution >= 0.6 is 12.4 Å². The number of aromatic nitrogens is 1. The molecule has 0 radical (unpaired) electrons. The van der Waals surface area contributed by atoms with E-state index in [4.69, 9.17) is 5.73 Å². The molecule has 0 fully saturated rings. The van der Waals surface area contributed by atoms with Crippen molar-refractivity contribution in [3.63, 3.8) is 0 Å². The van der Waals surface area contributed by atoms with Gasteiger partial charge >= 0.3 is 0 Å². The molecule has 2 aromatic rings. The van der Waals surface area contributed by atoms with E-state index in [1.54, 1.807) is 0 Å². The van der Waals surface area contributed by atoms with Crippen molar-refractivity contribution in [2.24, 2.45) is 11.7 Å². The second-order valence-corrected chi connectivity index (χ2v) is 5.33. The van der Waals surface area contributed by atoms with Crippen molar-refractivity contribution in [1.82, 2.24) is 10.3 Å². The summed E-state index contributed by atoms with van der Waals surface area (Å²) in [5.41, 5.74) is 7.28. The lowest BCUT2D eigenvalue weighted by Crippen LogP contribution is -2.44. The molecule has 0 aliphatic rings. The summed E-state index contributed by atoms with van der Waals surface area (Å²) in [6.45, 7) is 4.25. The molecule has 0 saturated carbocycles. The van der Waals surface area contributed by atoms with E-state index >= 15 is 0 Å². The molecule has 1 heterocycles. The molecule has 120 valence electrons. The SMILES string of the molecule is CCC(C)C(N)C(=O)NCc1cc(=O)[nH]c2ccccc12.Cl. The van der Waals surface area contributed by atoms with Crippen molar-refractivity contribution in [1.29, 1.82) is 0 Å². The molecule has 0 bridgehead atoms. The number of carbonyl (C=O) groups is 1. The Balaban J connectivity index is 0.00000242. The zero-order valence-corrected chi connectivity index (χ0v) is 13.6. The summed E-state index contributed by atoms with van der Waals surface area (Å²) >= 11 is 0. The predicted octanol–water partition coefficient (Wildman–Crippen LogP) is 1.94. The first kappa shape index (κ1) is 18.2. The van der Waals surface area contributed by atoms with Gasteiger partial charge in [0, 0.05) is 23.5 Å². The molecule has 0 aliphatic heterocycles. The van der Waals surface area contributed by atoms with Crippen LogP contribution in [0.15, 0.2) is 35.1 Å². The Labute approximate surface area is 135 Å². The van der Waals surface area contributed by atoms with Gasteiger partial charge in [-0.25, -0.2) is 0 Å². The van der Waals surface area contributed by atoms with Crippen LogP contribution in [0.4, 0.5) is 0 Å². The zero-order valence-electron chi connectivity index (χ0n) is 12.8. The molecule has 2 atom stereocenters. The number of H-pyrrole nitrogens is 1. The lowest BCUT2D eigenvalue weighted by molar-refractivity contribution is -0.123. The quantitative estimate of drug-likeness (QED) is 0.785. The Kier molecular flexibility index (Phi) is 6.59. The van der Waals surface area contributed by atoms with E-state index in [-0.39, 0.29) is 29.8 Å². The van der Waals surface area contributed by atoms with Crippen molar-refractivity contribution in [3.8, 4) is 0 Å². The highest BCUT2D eigenvalue weighted by atomic mass is 35.5. The molecule has 1 aromatic carbocycles. The average Bonchev–Trinajstić information content (AvgIpc) is 2.50. The van der Waals surface area contributed by atoms with Gasteiger partial charge < -0.3 is 16.0 Å². The van der Waals surface area contributed by atoms with Crippen LogP contribution in [0.25, 0.3) is 10.9 Å². The number of carbonyl (C=O) groups excluding carboxylic acids is 1. The largest absolute Gasteiger partial charge is 0.351 e. The molecule has 0 aliphatic carbocycles. The minimum atomic E-state index is -0.525. The molecule has 5 nitrogen and oxygen atoms in total. The maximum Gasteiger partial charge on any atom is 0.248 e. The first-order valence-electron chi connectivity index (χ1n) is 7.17. The summed E-state index contributed by atoms with van der Waals surface area (Å²) in [4.78, 5) is 26.4. The Bertz CT molecular complexity index is 699. The Morgan fingerprint density at radius 2 is 2.05 bits per heavy atom. The zero-order chi connectivity index (χ0) is 15.4. The number of nitrogens with two attached hydrogens (primary N) is 1. The number of fused-ring (bicyclic) bond motifs is 1. The van der Waals surface area contributed by atoms with E-state index in [0.29, 0.717) is 6.54 Å². The van der Waals surface area contributed by atoms with Gasteiger partial charge in [0.25, 0.3) is 0 Å². The summed E-state index contributed by atoms with van der Waals surface area (Å²) < 4.78 is 0. The monoisotopic (exact) mass is 323 g/mol. The van der Waals surface area contributed by atoms with Gasteiger partial charge in [-0.1, -0.05) is 38.5 Å². The van der Waals surface area contributed by atoms with Gasteiger partial charge in [-0.2, -0.15) is 0 Å². The highest BCUT2D eigenvalue weighted by Gasteiger charge is 2.19. The third-order valence-electron chi connectivity index (χ3n) is 3.85. The number of amides is 1. The number of para-hydroxylation sites is 1. The second kappa shape index (κ2) is 7.96. The van der Waals surface area contributed by atoms with Gasteiger partial charge in [-0.3, -0.25) is 9.59 Å². The average molecular weight is 324 g/mol. The van der Waals surface area contributed by atoms with Crippen LogP contribution in [0.5, 0.6) is 0 Å². The Hall–Kier alpha value is -1.85. The maximum absolute atomic E-state index is 12.0. The smallest absolute Gasteiger partial charge is 0.248 e. The summed E-state index contributed by atoms with van der Waals surface area (Å²) in [5.74, 6) is -0.0605. The van der Waals surface area contributed by atoms with Crippen molar-refractivity contribution in [2.75, 3.05) is 0 Å². The van der Waals surface area contributed by atoms with Gasteiger partial charge in [0.1, 0.15) is 0 Å². The summed E-state index contributed by atoms with van der Waals surface area (Å²) in [7, 11) is 0. The van der Waals surface area contributed by atoms with E-state index in [2.05, 4.69) is 10.3 Å². The number of hydrogen-bond acceptors (Lipinski definition) is 3. The van der Waals surface area contributed by atoms with Crippen LogP contribution in [0.1, 0.15) is 25.8 Å². The first-order chi connectivity index (χ1) is 10.0. The van der Waals surface area contributed by atoms with E-state index < -0.39 is 6.04 Å². The van der Waals surface area contributed by atoms with Crippen LogP contribution in [0, 0.1) is 5.92 Å². The summed E-state index contributed by atoms with van der Waals surface area (Å²) in [5, 5.41) is 3.74. The fraction of sp³-hybridized carbons (Fsp3) is 0.375. The number of halogens is 1. The molecule has 0 spiro atoms. The highest BCUT2D eigenvalue weighted by Crippen LogP contribution is 2.14. The van der Waals surface area contributed by atoms with Crippen LogP contribution < -0.4 is 16.6 Å². The molecule has 4 N–H and O–H groups in total. The van der Waals surface area contributed by atoms with Crippen LogP contribution in [-0.2, 0) is 11.3 Å². The number of pyridine rings is 1.